The number of ether oxygens (including phenoxy) is 1. The van der Waals surface area contributed by atoms with E-state index in [0.717, 1.165) is 5.69 Å². The van der Waals surface area contributed by atoms with E-state index in [1.54, 1.807) is 0 Å². The molecule has 1 atom stereocenters. The fourth-order valence-electron chi connectivity index (χ4n) is 1.29. The summed E-state index contributed by atoms with van der Waals surface area (Å²) in [6, 6.07) is 9.84. The second kappa shape index (κ2) is 7.25. The first-order valence-electron chi connectivity index (χ1n) is 5.73. The van der Waals surface area contributed by atoms with E-state index in [0.29, 0.717) is 25.7 Å². The molecule has 0 radical (unpaired) electrons. The fraction of sp³-hybridized carbons (Fsp3) is 0.538. The van der Waals surface area contributed by atoms with Gasteiger partial charge in [-0.2, -0.15) is 0 Å². The van der Waals surface area contributed by atoms with Gasteiger partial charge in [-0.15, -0.1) is 0 Å². The van der Waals surface area contributed by atoms with Crippen LogP contribution in [0.2, 0.25) is 0 Å². The van der Waals surface area contributed by atoms with Crippen LogP contribution in [0.15, 0.2) is 30.3 Å². The van der Waals surface area contributed by atoms with Crippen molar-refractivity contribution in [3.8, 4) is 0 Å². The Hall–Kier alpha value is -1.06. The Morgan fingerprint density at radius 3 is 2.50 bits per heavy atom. The van der Waals surface area contributed by atoms with Gasteiger partial charge in [0.05, 0.1) is 12.7 Å². The van der Waals surface area contributed by atoms with Crippen LogP contribution in [0, 0.1) is 5.92 Å². The summed E-state index contributed by atoms with van der Waals surface area (Å²) in [6.45, 7) is 5.78. The van der Waals surface area contributed by atoms with E-state index in [-0.39, 0.29) is 0 Å². The first kappa shape index (κ1) is 13.0. The quantitative estimate of drug-likeness (QED) is 0.744. The van der Waals surface area contributed by atoms with Gasteiger partial charge in [0.1, 0.15) is 0 Å². The van der Waals surface area contributed by atoms with Crippen molar-refractivity contribution in [2.45, 2.75) is 20.0 Å². The van der Waals surface area contributed by atoms with Gasteiger partial charge in [-0.25, -0.2) is 0 Å². The van der Waals surface area contributed by atoms with Gasteiger partial charge in [-0.1, -0.05) is 32.0 Å². The molecule has 2 N–H and O–H groups in total. The van der Waals surface area contributed by atoms with E-state index < -0.39 is 6.10 Å². The van der Waals surface area contributed by atoms with Crippen molar-refractivity contribution in [1.29, 1.82) is 0 Å². The predicted molar refractivity (Wildman–Crippen MR) is 66.6 cm³/mol. The Morgan fingerprint density at radius 1 is 1.19 bits per heavy atom. The molecule has 1 aromatic rings. The number of aliphatic hydroxyl groups is 1. The van der Waals surface area contributed by atoms with E-state index in [2.05, 4.69) is 19.2 Å². The molecule has 0 saturated heterocycles. The first-order valence-corrected chi connectivity index (χ1v) is 5.73. The van der Waals surface area contributed by atoms with Crippen LogP contribution >= 0.6 is 0 Å². The minimum absolute atomic E-state index is 0.387. The van der Waals surface area contributed by atoms with Gasteiger partial charge in [-0.05, 0) is 18.1 Å². The summed E-state index contributed by atoms with van der Waals surface area (Å²) in [7, 11) is 0. The van der Waals surface area contributed by atoms with Gasteiger partial charge in [-0.3, -0.25) is 0 Å². The van der Waals surface area contributed by atoms with Gasteiger partial charge in [0.25, 0.3) is 0 Å². The van der Waals surface area contributed by atoms with Crippen LogP contribution in [0.1, 0.15) is 13.8 Å². The number of nitrogens with one attached hydrogen (secondary N) is 1. The second-order valence-corrected chi connectivity index (χ2v) is 4.33. The molecule has 90 valence electrons. The monoisotopic (exact) mass is 223 g/mol. The third-order valence-corrected chi connectivity index (χ3v) is 2.08. The van der Waals surface area contributed by atoms with E-state index >= 15 is 0 Å². The standard InChI is InChI=1S/C13H21NO2/c1-11(2)9-16-10-13(15)8-14-12-6-4-3-5-7-12/h3-7,11,13-15H,8-10H2,1-2H3/t13-/m0/s1. The van der Waals surface area contributed by atoms with Gasteiger partial charge in [0.15, 0.2) is 0 Å². The minimum atomic E-state index is -0.459. The second-order valence-electron chi connectivity index (χ2n) is 4.33. The van der Waals surface area contributed by atoms with Crippen molar-refractivity contribution in [1.82, 2.24) is 0 Å². The zero-order valence-electron chi connectivity index (χ0n) is 10.0. The third kappa shape index (κ3) is 5.73. The van der Waals surface area contributed by atoms with Crippen LogP contribution < -0.4 is 5.32 Å². The molecule has 0 aliphatic carbocycles. The van der Waals surface area contributed by atoms with E-state index in [1.165, 1.54) is 0 Å². The van der Waals surface area contributed by atoms with Gasteiger partial charge in [0, 0.05) is 18.8 Å². The Balaban J connectivity index is 2.13. The Morgan fingerprint density at radius 2 is 1.88 bits per heavy atom. The maximum absolute atomic E-state index is 9.64. The number of benzene rings is 1. The highest BCUT2D eigenvalue weighted by atomic mass is 16.5. The van der Waals surface area contributed by atoms with Crippen LogP contribution in [0.5, 0.6) is 0 Å². The molecular formula is C13H21NO2. The lowest BCUT2D eigenvalue weighted by atomic mass is 10.2. The highest BCUT2D eigenvalue weighted by Crippen LogP contribution is 2.04. The Bertz CT molecular complexity index is 275. The topological polar surface area (TPSA) is 41.5 Å². The molecule has 0 amide bonds. The first-order chi connectivity index (χ1) is 7.68. The van der Waals surface area contributed by atoms with Crippen molar-refractivity contribution >= 4 is 5.69 Å². The molecule has 1 aromatic carbocycles. The molecular weight excluding hydrogens is 202 g/mol. The number of anilines is 1. The molecule has 16 heavy (non-hydrogen) atoms. The lowest BCUT2D eigenvalue weighted by Crippen LogP contribution is -2.25. The highest BCUT2D eigenvalue weighted by Gasteiger charge is 2.04. The van der Waals surface area contributed by atoms with Crippen molar-refractivity contribution in [3.05, 3.63) is 30.3 Å². The summed E-state index contributed by atoms with van der Waals surface area (Å²) < 4.78 is 5.36. The summed E-state index contributed by atoms with van der Waals surface area (Å²) in [5.41, 5.74) is 1.02. The molecule has 3 heteroatoms. The average molecular weight is 223 g/mol. The Kier molecular flexibility index (Phi) is 5.90. The Labute approximate surface area is 97.4 Å². The third-order valence-electron chi connectivity index (χ3n) is 2.08. The summed E-state index contributed by atoms with van der Waals surface area (Å²) in [6.07, 6.45) is -0.459. The highest BCUT2D eigenvalue weighted by molar-refractivity contribution is 5.42. The summed E-state index contributed by atoms with van der Waals surface area (Å²) >= 11 is 0. The normalized spacial score (nSPS) is 12.8. The van der Waals surface area contributed by atoms with Crippen molar-refractivity contribution in [2.75, 3.05) is 25.1 Å². The molecule has 0 aliphatic heterocycles. The van der Waals surface area contributed by atoms with E-state index in [4.69, 9.17) is 4.74 Å². The van der Waals surface area contributed by atoms with E-state index in [9.17, 15) is 5.11 Å². The lowest BCUT2D eigenvalue weighted by molar-refractivity contribution is 0.0318. The summed E-state index contributed by atoms with van der Waals surface area (Å²) in [5.74, 6) is 0.509. The van der Waals surface area contributed by atoms with Crippen molar-refractivity contribution in [3.63, 3.8) is 0 Å². The number of hydrogen-bond donors (Lipinski definition) is 2. The molecule has 0 bridgehead atoms. The van der Waals surface area contributed by atoms with Crippen LogP contribution in [-0.2, 0) is 4.74 Å². The summed E-state index contributed by atoms with van der Waals surface area (Å²) in [4.78, 5) is 0. The fourth-order valence-corrected chi connectivity index (χ4v) is 1.29. The molecule has 0 spiro atoms. The largest absolute Gasteiger partial charge is 0.389 e. The molecule has 0 unspecified atom stereocenters. The molecule has 1 rings (SSSR count). The number of aliphatic hydroxyl groups excluding tert-OH is 1. The number of hydrogen-bond acceptors (Lipinski definition) is 3. The molecule has 0 fully saturated rings. The summed E-state index contributed by atoms with van der Waals surface area (Å²) in [5, 5.41) is 12.8. The van der Waals surface area contributed by atoms with Crippen molar-refractivity contribution in [2.24, 2.45) is 5.92 Å². The number of para-hydroxylation sites is 1. The maximum atomic E-state index is 9.64. The van der Waals surface area contributed by atoms with Crippen LogP contribution in [-0.4, -0.2) is 31.0 Å². The number of rotatable bonds is 7. The predicted octanol–water partition coefficient (Wildman–Crippen LogP) is 2.13. The molecule has 0 aliphatic rings. The van der Waals surface area contributed by atoms with Gasteiger partial charge in [0.2, 0.25) is 0 Å². The lowest BCUT2D eigenvalue weighted by Gasteiger charge is -2.14. The maximum Gasteiger partial charge on any atom is 0.0945 e. The van der Waals surface area contributed by atoms with Crippen molar-refractivity contribution < 1.29 is 9.84 Å². The van der Waals surface area contributed by atoms with Crippen LogP contribution in [0.3, 0.4) is 0 Å². The van der Waals surface area contributed by atoms with Crippen LogP contribution in [0.4, 0.5) is 5.69 Å². The van der Waals surface area contributed by atoms with Gasteiger partial charge >= 0.3 is 0 Å². The van der Waals surface area contributed by atoms with E-state index in [1.807, 2.05) is 30.3 Å². The smallest absolute Gasteiger partial charge is 0.0945 e. The molecule has 3 nitrogen and oxygen atoms in total. The SMILES string of the molecule is CC(C)COC[C@@H](O)CNc1ccccc1. The molecule has 0 heterocycles. The zero-order chi connectivity index (χ0) is 11.8. The van der Waals surface area contributed by atoms with Crippen LogP contribution in [0.25, 0.3) is 0 Å². The molecule has 0 aromatic heterocycles. The molecule has 0 saturated carbocycles. The van der Waals surface area contributed by atoms with Gasteiger partial charge < -0.3 is 15.2 Å². The minimum Gasteiger partial charge on any atom is -0.389 e. The average Bonchev–Trinajstić information content (AvgIpc) is 2.27. The zero-order valence-corrected chi connectivity index (χ0v) is 10.0.